The number of carbonyl (C=O) groups is 2. The highest BCUT2D eigenvalue weighted by atomic mass is 16.6. The summed E-state index contributed by atoms with van der Waals surface area (Å²) in [5, 5.41) is 0. The first kappa shape index (κ1) is 15.7. The zero-order valence-corrected chi connectivity index (χ0v) is 11.7. The first-order valence-corrected chi connectivity index (χ1v) is 5.92. The normalized spacial score (nSPS) is 10.6. The van der Waals surface area contributed by atoms with Crippen molar-refractivity contribution in [2.75, 3.05) is 27.2 Å². The van der Waals surface area contributed by atoms with E-state index < -0.39 is 0 Å². The van der Waals surface area contributed by atoms with Crippen LogP contribution in [-0.4, -0.2) is 55.1 Å². The molecule has 0 aromatic rings. The molecule has 0 heterocycles. The van der Waals surface area contributed by atoms with Gasteiger partial charge in [-0.05, 0) is 13.8 Å². The zero-order chi connectivity index (χ0) is 13.6. The van der Waals surface area contributed by atoms with Gasteiger partial charge in [-0.1, -0.05) is 13.8 Å². The van der Waals surface area contributed by atoms with E-state index in [4.69, 9.17) is 4.74 Å². The predicted molar refractivity (Wildman–Crippen MR) is 66.7 cm³/mol. The number of rotatable bonds is 5. The zero-order valence-electron chi connectivity index (χ0n) is 11.7. The van der Waals surface area contributed by atoms with E-state index in [2.05, 4.69) is 0 Å². The Morgan fingerprint density at radius 2 is 1.47 bits per heavy atom. The van der Waals surface area contributed by atoms with Crippen molar-refractivity contribution in [1.82, 2.24) is 9.80 Å². The minimum absolute atomic E-state index is 0.0204. The Labute approximate surface area is 104 Å². The predicted octanol–water partition coefficient (Wildman–Crippen LogP) is 1.58. The number of likely N-dealkylation sites (N-methyl/N-ethyl adjacent to an activating group) is 2. The Morgan fingerprint density at radius 1 is 1.00 bits per heavy atom. The molecule has 0 fully saturated rings. The molecule has 0 rings (SSSR count). The number of carbonyl (C=O) groups excluding carboxylic acids is 2. The summed E-state index contributed by atoms with van der Waals surface area (Å²) in [7, 11) is 3.41. The lowest BCUT2D eigenvalue weighted by Gasteiger charge is -2.23. The van der Waals surface area contributed by atoms with Gasteiger partial charge in [0.25, 0.3) is 0 Å². The molecule has 0 aliphatic carbocycles. The highest BCUT2D eigenvalue weighted by molar-refractivity contribution is 5.77. The summed E-state index contributed by atoms with van der Waals surface area (Å²) >= 11 is 0. The van der Waals surface area contributed by atoms with Crippen LogP contribution in [0.3, 0.4) is 0 Å². The van der Waals surface area contributed by atoms with Crippen LogP contribution in [0.15, 0.2) is 0 Å². The summed E-state index contributed by atoms with van der Waals surface area (Å²) in [4.78, 5) is 26.2. The molecule has 0 aliphatic rings. The van der Waals surface area contributed by atoms with Gasteiger partial charge >= 0.3 is 6.09 Å². The smallest absolute Gasteiger partial charge is 0.409 e. The average Bonchev–Trinajstić information content (AvgIpc) is 2.22. The van der Waals surface area contributed by atoms with Crippen molar-refractivity contribution in [1.29, 1.82) is 0 Å². The Balaban J connectivity index is 4.03. The Bertz CT molecular complexity index is 264. The van der Waals surface area contributed by atoms with Gasteiger partial charge in [-0.3, -0.25) is 4.79 Å². The summed E-state index contributed by atoms with van der Waals surface area (Å²) in [5.74, 6) is 0.0588. The standard InChI is InChI=1S/C12H24N2O3/c1-9(2)11(15)13(5)7-8-14(6)12(16)17-10(3)4/h9-10H,7-8H2,1-6H3. The van der Waals surface area contributed by atoms with Crippen LogP contribution < -0.4 is 0 Å². The van der Waals surface area contributed by atoms with E-state index in [1.54, 1.807) is 32.8 Å². The first-order valence-electron chi connectivity index (χ1n) is 5.92. The monoisotopic (exact) mass is 244 g/mol. The highest BCUT2D eigenvalue weighted by Gasteiger charge is 2.16. The third kappa shape index (κ3) is 6.14. The number of hydrogen-bond donors (Lipinski definition) is 0. The van der Waals surface area contributed by atoms with Crippen molar-refractivity contribution in [2.45, 2.75) is 33.8 Å². The maximum atomic E-state index is 11.6. The van der Waals surface area contributed by atoms with E-state index in [0.717, 1.165) is 0 Å². The molecule has 0 saturated carbocycles. The van der Waals surface area contributed by atoms with Crippen LogP contribution in [0.2, 0.25) is 0 Å². The maximum absolute atomic E-state index is 11.6. The number of nitrogens with zero attached hydrogens (tertiary/aromatic N) is 2. The summed E-state index contributed by atoms with van der Waals surface area (Å²) < 4.78 is 5.04. The fourth-order valence-electron chi connectivity index (χ4n) is 1.23. The van der Waals surface area contributed by atoms with Crippen LogP contribution in [0.25, 0.3) is 0 Å². The molecule has 0 unspecified atom stereocenters. The van der Waals surface area contributed by atoms with Crippen LogP contribution in [0.5, 0.6) is 0 Å². The van der Waals surface area contributed by atoms with Gasteiger partial charge in [0.2, 0.25) is 5.91 Å². The Hall–Kier alpha value is -1.26. The molecule has 0 radical (unpaired) electrons. The third-order valence-electron chi connectivity index (χ3n) is 2.29. The van der Waals surface area contributed by atoms with E-state index in [0.29, 0.717) is 13.1 Å². The van der Waals surface area contributed by atoms with E-state index in [-0.39, 0.29) is 24.0 Å². The first-order chi connectivity index (χ1) is 7.75. The summed E-state index contributed by atoms with van der Waals surface area (Å²) in [6.45, 7) is 8.31. The summed E-state index contributed by atoms with van der Waals surface area (Å²) in [6.07, 6.45) is -0.481. The fourth-order valence-corrected chi connectivity index (χ4v) is 1.23. The number of hydrogen-bond acceptors (Lipinski definition) is 3. The SMILES string of the molecule is CC(C)OC(=O)N(C)CCN(C)C(=O)C(C)C. The van der Waals surface area contributed by atoms with E-state index in [1.165, 1.54) is 4.90 Å². The molecule has 2 amide bonds. The van der Waals surface area contributed by atoms with Gasteiger partial charge in [0.1, 0.15) is 0 Å². The lowest BCUT2D eigenvalue weighted by molar-refractivity contribution is -0.133. The minimum atomic E-state index is -0.356. The van der Waals surface area contributed by atoms with E-state index in [1.807, 2.05) is 13.8 Å². The van der Waals surface area contributed by atoms with Crippen LogP contribution in [0, 0.1) is 5.92 Å². The third-order valence-corrected chi connectivity index (χ3v) is 2.29. The van der Waals surface area contributed by atoms with E-state index >= 15 is 0 Å². The lowest BCUT2D eigenvalue weighted by Crippen LogP contribution is -2.39. The summed E-state index contributed by atoms with van der Waals surface area (Å²) in [5.41, 5.74) is 0. The van der Waals surface area contributed by atoms with Crippen LogP contribution in [0.4, 0.5) is 4.79 Å². The Morgan fingerprint density at radius 3 is 1.88 bits per heavy atom. The minimum Gasteiger partial charge on any atom is -0.447 e. The molecule has 0 N–H and O–H groups in total. The van der Waals surface area contributed by atoms with Gasteiger partial charge in [-0.15, -0.1) is 0 Å². The van der Waals surface area contributed by atoms with Crippen LogP contribution in [0.1, 0.15) is 27.7 Å². The van der Waals surface area contributed by atoms with Crippen molar-refractivity contribution in [3.63, 3.8) is 0 Å². The van der Waals surface area contributed by atoms with Gasteiger partial charge in [0, 0.05) is 33.1 Å². The van der Waals surface area contributed by atoms with Crippen molar-refractivity contribution >= 4 is 12.0 Å². The van der Waals surface area contributed by atoms with Gasteiger partial charge in [0.05, 0.1) is 6.10 Å². The second kappa shape index (κ2) is 7.14. The lowest BCUT2D eigenvalue weighted by atomic mass is 10.2. The van der Waals surface area contributed by atoms with Crippen molar-refractivity contribution in [3.05, 3.63) is 0 Å². The molecule has 0 bridgehead atoms. The quantitative estimate of drug-likeness (QED) is 0.737. The molecular formula is C12H24N2O3. The molecule has 0 spiro atoms. The topological polar surface area (TPSA) is 49.9 Å². The number of amides is 2. The van der Waals surface area contributed by atoms with Crippen molar-refractivity contribution in [2.24, 2.45) is 5.92 Å². The van der Waals surface area contributed by atoms with Gasteiger partial charge in [-0.2, -0.15) is 0 Å². The molecule has 17 heavy (non-hydrogen) atoms. The molecule has 5 heteroatoms. The Kier molecular flexibility index (Phi) is 6.61. The molecule has 0 aliphatic heterocycles. The summed E-state index contributed by atoms with van der Waals surface area (Å²) in [6, 6.07) is 0. The maximum Gasteiger partial charge on any atom is 0.409 e. The second-order valence-corrected chi connectivity index (χ2v) is 4.77. The fraction of sp³-hybridized carbons (Fsp3) is 0.833. The molecular weight excluding hydrogens is 220 g/mol. The molecule has 0 aromatic heterocycles. The van der Waals surface area contributed by atoms with Gasteiger partial charge in [0.15, 0.2) is 0 Å². The van der Waals surface area contributed by atoms with Crippen molar-refractivity contribution in [3.8, 4) is 0 Å². The molecule has 0 saturated heterocycles. The second-order valence-electron chi connectivity index (χ2n) is 4.77. The molecule has 100 valence electrons. The van der Waals surface area contributed by atoms with E-state index in [9.17, 15) is 9.59 Å². The van der Waals surface area contributed by atoms with Crippen molar-refractivity contribution < 1.29 is 14.3 Å². The van der Waals surface area contributed by atoms with Crippen LogP contribution in [-0.2, 0) is 9.53 Å². The molecule has 0 aromatic carbocycles. The van der Waals surface area contributed by atoms with Crippen LogP contribution >= 0.6 is 0 Å². The number of ether oxygens (including phenoxy) is 1. The highest BCUT2D eigenvalue weighted by Crippen LogP contribution is 2.00. The average molecular weight is 244 g/mol. The van der Waals surface area contributed by atoms with Gasteiger partial charge < -0.3 is 14.5 Å². The molecule has 5 nitrogen and oxygen atoms in total. The largest absolute Gasteiger partial charge is 0.447 e. The van der Waals surface area contributed by atoms with Gasteiger partial charge in [-0.25, -0.2) is 4.79 Å². The molecule has 0 atom stereocenters.